The molecule has 0 saturated heterocycles. The highest BCUT2D eigenvalue weighted by Crippen LogP contribution is 2.44. The van der Waals surface area contributed by atoms with E-state index in [1.54, 1.807) is 6.20 Å². The fourth-order valence-corrected chi connectivity index (χ4v) is 7.81. The van der Waals surface area contributed by atoms with Crippen LogP contribution in [0.5, 0.6) is 0 Å². The molecule has 0 aliphatic carbocycles. The minimum atomic E-state index is 0.876. The van der Waals surface area contributed by atoms with Crippen molar-refractivity contribution in [3.63, 3.8) is 0 Å². The van der Waals surface area contributed by atoms with E-state index in [4.69, 9.17) is 9.97 Å². The van der Waals surface area contributed by atoms with E-state index in [2.05, 4.69) is 134 Å². The highest BCUT2D eigenvalue weighted by atomic mass is 15.1. The van der Waals surface area contributed by atoms with Gasteiger partial charge in [0.25, 0.3) is 0 Å². The van der Waals surface area contributed by atoms with Crippen molar-refractivity contribution in [3.8, 4) is 11.4 Å². The van der Waals surface area contributed by atoms with Gasteiger partial charge >= 0.3 is 0 Å². The highest BCUT2D eigenvalue weighted by Gasteiger charge is 2.23. The Hall–Kier alpha value is -6.53. The molecule has 0 saturated carbocycles. The number of pyridine rings is 3. The van der Waals surface area contributed by atoms with Gasteiger partial charge in [-0.2, -0.15) is 0 Å². The largest absolute Gasteiger partial charge is 0.309 e. The molecule has 0 bridgehead atoms. The van der Waals surface area contributed by atoms with Crippen LogP contribution in [0.4, 0.5) is 0 Å². The predicted molar refractivity (Wildman–Crippen MR) is 192 cm³/mol. The number of nitrogens with zero attached hydrogens (tertiary/aromatic N) is 6. The van der Waals surface area contributed by atoms with E-state index >= 15 is 0 Å². The van der Waals surface area contributed by atoms with Crippen LogP contribution in [-0.4, -0.2) is 28.5 Å². The lowest BCUT2D eigenvalue weighted by molar-refractivity contribution is 1.18. The number of hydrogen-bond acceptors (Lipinski definition) is 3. The Morgan fingerprint density at radius 1 is 0.447 bits per heavy atom. The van der Waals surface area contributed by atoms with Crippen molar-refractivity contribution < 1.29 is 0 Å². The lowest BCUT2D eigenvalue weighted by atomic mass is 10.0. The van der Waals surface area contributed by atoms with Gasteiger partial charge in [-0.1, -0.05) is 66.7 Å². The summed E-state index contributed by atoms with van der Waals surface area (Å²) in [4.78, 5) is 14.6. The number of para-hydroxylation sites is 3. The molecule has 218 valence electrons. The van der Waals surface area contributed by atoms with Gasteiger partial charge in [-0.15, -0.1) is 0 Å². The monoisotopic (exact) mass is 600 g/mol. The second kappa shape index (κ2) is 9.02. The summed E-state index contributed by atoms with van der Waals surface area (Å²) < 4.78 is 7.00. The van der Waals surface area contributed by atoms with Crippen molar-refractivity contribution in [2.75, 3.05) is 0 Å². The Kier molecular flexibility index (Phi) is 4.75. The maximum Gasteiger partial charge on any atom is 0.149 e. The van der Waals surface area contributed by atoms with E-state index in [0.717, 1.165) is 60.9 Å². The molecule has 6 nitrogen and oxygen atoms in total. The summed E-state index contributed by atoms with van der Waals surface area (Å²) in [5, 5.41) is 8.13. The Balaban J connectivity index is 1.42. The zero-order valence-electron chi connectivity index (χ0n) is 25.0. The Morgan fingerprint density at radius 3 is 1.96 bits per heavy atom. The minimum Gasteiger partial charge on any atom is -0.309 e. The summed E-state index contributed by atoms with van der Waals surface area (Å²) in [6.45, 7) is 0. The van der Waals surface area contributed by atoms with Crippen LogP contribution in [0.1, 0.15) is 0 Å². The van der Waals surface area contributed by atoms with Gasteiger partial charge in [0.15, 0.2) is 0 Å². The summed E-state index contributed by atoms with van der Waals surface area (Å²) in [5.41, 5.74) is 10.5. The lowest BCUT2D eigenvalue weighted by Crippen LogP contribution is -1.98. The Labute approximate surface area is 267 Å². The quantitative estimate of drug-likeness (QED) is 0.186. The van der Waals surface area contributed by atoms with Crippen LogP contribution in [0.3, 0.4) is 0 Å². The van der Waals surface area contributed by atoms with Crippen molar-refractivity contribution in [2.24, 2.45) is 0 Å². The van der Waals surface area contributed by atoms with Crippen LogP contribution >= 0.6 is 0 Å². The zero-order chi connectivity index (χ0) is 30.6. The van der Waals surface area contributed by atoms with E-state index in [0.29, 0.717) is 0 Å². The van der Waals surface area contributed by atoms with E-state index in [1.165, 1.54) is 32.6 Å². The second-order valence-corrected chi connectivity index (χ2v) is 12.1. The fraction of sp³-hybridized carbons (Fsp3) is 0. The number of benzene rings is 5. The molecule has 0 spiro atoms. The molecule has 0 amide bonds. The van der Waals surface area contributed by atoms with Gasteiger partial charge in [0.1, 0.15) is 11.3 Å². The minimum absolute atomic E-state index is 0.876. The van der Waals surface area contributed by atoms with Crippen molar-refractivity contribution in [1.82, 2.24) is 28.5 Å². The molecule has 0 atom stereocenters. The topological polar surface area (TPSA) is 52.9 Å². The van der Waals surface area contributed by atoms with Crippen LogP contribution in [-0.2, 0) is 0 Å². The van der Waals surface area contributed by atoms with E-state index < -0.39 is 0 Å². The molecule has 47 heavy (non-hydrogen) atoms. The van der Waals surface area contributed by atoms with Gasteiger partial charge < -0.3 is 9.13 Å². The van der Waals surface area contributed by atoms with Crippen LogP contribution in [0.25, 0.3) is 93.5 Å². The molecule has 0 aliphatic rings. The van der Waals surface area contributed by atoms with Crippen molar-refractivity contribution in [3.05, 3.63) is 146 Å². The SMILES string of the molecule is c1ccc(-n2c3ccccc3c3cc4c(cc32)c2ccc3c5cccnc5n5c6cnccc6nc5c3c2n4-c2ccccc2)cc1. The summed E-state index contributed by atoms with van der Waals surface area (Å²) in [5.74, 6) is 0. The molecule has 11 aromatic rings. The second-order valence-electron chi connectivity index (χ2n) is 12.1. The van der Waals surface area contributed by atoms with Gasteiger partial charge in [0.05, 0.1) is 44.7 Å². The first-order chi connectivity index (χ1) is 23.3. The van der Waals surface area contributed by atoms with Crippen LogP contribution in [0, 0.1) is 0 Å². The standard InChI is InChI=1S/C41H24N6/c1-3-10-25(11-4-1)45-34-16-8-7-14-27(34)31-22-36-32(23-35(31)45)29-18-17-28-30-15-9-20-43-40(30)47-37-24-42-21-19-33(37)44-41(47)38(28)39(29)46(36)26-12-5-2-6-13-26/h1-24H. The number of rotatable bonds is 2. The maximum absolute atomic E-state index is 5.25. The zero-order valence-corrected chi connectivity index (χ0v) is 25.0. The predicted octanol–water partition coefficient (Wildman–Crippen LogP) is 9.78. The molecule has 6 heteroatoms. The molecule has 6 heterocycles. The fourth-order valence-electron chi connectivity index (χ4n) is 7.81. The first-order valence-corrected chi connectivity index (χ1v) is 15.8. The molecule has 0 radical (unpaired) electrons. The molecule has 0 unspecified atom stereocenters. The van der Waals surface area contributed by atoms with Gasteiger partial charge in [0.2, 0.25) is 0 Å². The smallest absolute Gasteiger partial charge is 0.149 e. The average molecular weight is 601 g/mol. The molecule has 6 aromatic heterocycles. The highest BCUT2D eigenvalue weighted by molar-refractivity contribution is 6.28. The maximum atomic E-state index is 5.25. The Bertz CT molecular complexity index is 3060. The molecule has 0 aliphatic heterocycles. The van der Waals surface area contributed by atoms with Gasteiger partial charge in [0, 0.05) is 50.7 Å². The van der Waals surface area contributed by atoms with Crippen molar-refractivity contribution in [1.29, 1.82) is 0 Å². The van der Waals surface area contributed by atoms with Gasteiger partial charge in [-0.25, -0.2) is 9.97 Å². The first kappa shape index (κ1) is 24.8. The number of hydrogen-bond donors (Lipinski definition) is 0. The average Bonchev–Trinajstić information content (AvgIpc) is 3.79. The normalized spacial score (nSPS) is 12.3. The lowest BCUT2D eigenvalue weighted by Gasteiger charge is -2.12. The number of aromatic nitrogens is 6. The summed E-state index contributed by atoms with van der Waals surface area (Å²) >= 11 is 0. The Morgan fingerprint density at radius 2 is 1.13 bits per heavy atom. The third-order valence-corrected chi connectivity index (χ3v) is 9.72. The molecule has 5 aromatic carbocycles. The number of fused-ring (bicyclic) bond motifs is 15. The summed E-state index contributed by atoms with van der Waals surface area (Å²) in [6.07, 6.45) is 5.55. The van der Waals surface area contributed by atoms with Crippen LogP contribution in [0.2, 0.25) is 0 Å². The summed E-state index contributed by atoms with van der Waals surface area (Å²) in [6, 6.07) is 45.5. The molecule has 0 N–H and O–H groups in total. The van der Waals surface area contributed by atoms with Gasteiger partial charge in [-0.05, 0) is 66.0 Å². The van der Waals surface area contributed by atoms with E-state index in [1.807, 2.05) is 24.5 Å². The third-order valence-electron chi connectivity index (χ3n) is 9.72. The molecular weight excluding hydrogens is 576 g/mol. The number of imidazole rings is 1. The molecule has 11 rings (SSSR count). The third kappa shape index (κ3) is 3.21. The van der Waals surface area contributed by atoms with Crippen molar-refractivity contribution in [2.45, 2.75) is 0 Å². The van der Waals surface area contributed by atoms with E-state index in [-0.39, 0.29) is 0 Å². The van der Waals surface area contributed by atoms with Crippen LogP contribution in [0.15, 0.2) is 146 Å². The van der Waals surface area contributed by atoms with Crippen LogP contribution < -0.4 is 0 Å². The van der Waals surface area contributed by atoms with E-state index in [9.17, 15) is 0 Å². The van der Waals surface area contributed by atoms with Crippen molar-refractivity contribution >= 4 is 82.1 Å². The first-order valence-electron chi connectivity index (χ1n) is 15.8. The molecule has 0 fully saturated rings. The molecular formula is C41H24N6. The summed E-state index contributed by atoms with van der Waals surface area (Å²) in [7, 11) is 0. The van der Waals surface area contributed by atoms with Gasteiger partial charge in [-0.3, -0.25) is 9.38 Å².